The Balaban J connectivity index is 1.96. The van der Waals surface area contributed by atoms with Crippen molar-refractivity contribution in [1.82, 2.24) is 0 Å². The van der Waals surface area contributed by atoms with Crippen molar-refractivity contribution < 1.29 is 27.2 Å². The van der Waals surface area contributed by atoms with Crippen molar-refractivity contribution in [1.29, 1.82) is 5.26 Å². The van der Waals surface area contributed by atoms with E-state index in [0.717, 1.165) is 6.07 Å². The van der Waals surface area contributed by atoms with Gasteiger partial charge in [-0.05, 0) is 30.3 Å². The molecule has 0 aliphatic rings. The Hall–Kier alpha value is -3.42. The van der Waals surface area contributed by atoms with Crippen molar-refractivity contribution in [2.45, 2.75) is 4.90 Å². The molecule has 1 aromatic heterocycles. The summed E-state index contributed by atoms with van der Waals surface area (Å²) in [5.74, 6) is -1.44. The third-order valence-electron chi connectivity index (χ3n) is 2.95. The van der Waals surface area contributed by atoms with Gasteiger partial charge in [0.1, 0.15) is 17.4 Å². The summed E-state index contributed by atoms with van der Waals surface area (Å²) in [4.78, 5) is 23.4. The molecule has 0 spiro atoms. The Morgan fingerprint density at radius 3 is 2.69 bits per heavy atom. The summed E-state index contributed by atoms with van der Waals surface area (Å²) in [6, 6.07) is 10.0. The van der Waals surface area contributed by atoms with Gasteiger partial charge in [0.15, 0.2) is 6.61 Å². The second-order valence-corrected chi connectivity index (χ2v) is 6.44. The van der Waals surface area contributed by atoms with Crippen molar-refractivity contribution in [2.75, 3.05) is 11.9 Å². The van der Waals surface area contributed by atoms with Gasteiger partial charge in [-0.15, -0.1) is 0 Å². The number of nitrogens with zero attached hydrogens (tertiary/aromatic N) is 1. The maximum Gasteiger partial charge on any atom is 0.349 e. The molecule has 0 radical (unpaired) electrons. The number of anilines is 1. The standard InChI is InChI=1S/C16H13N3O6S/c17-9-11(7-13-4-2-6-24-13)16(21)25-10-15(20)19-12-3-1-5-14(8-12)26(18,22)23/h1-8H,10H2,(H,19,20)(H2,18,22,23)/b11-7+. The number of esters is 1. The summed E-state index contributed by atoms with van der Waals surface area (Å²) in [6.45, 7) is -0.671. The minimum Gasteiger partial charge on any atom is -0.465 e. The van der Waals surface area contributed by atoms with Gasteiger partial charge >= 0.3 is 5.97 Å². The molecule has 1 amide bonds. The Morgan fingerprint density at radius 2 is 2.08 bits per heavy atom. The van der Waals surface area contributed by atoms with E-state index < -0.39 is 28.5 Å². The predicted molar refractivity (Wildman–Crippen MR) is 89.7 cm³/mol. The molecule has 9 nitrogen and oxygen atoms in total. The van der Waals surface area contributed by atoms with Gasteiger partial charge in [0.25, 0.3) is 5.91 Å². The number of sulfonamides is 1. The van der Waals surface area contributed by atoms with E-state index in [9.17, 15) is 18.0 Å². The first-order valence-corrected chi connectivity index (χ1v) is 8.59. The summed E-state index contributed by atoms with van der Waals surface area (Å²) in [6.07, 6.45) is 2.55. The van der Waals surface area contributed by atoms with Crippen molar-refractivity contribution in [2.24, 2.45) is 5.14 Å². The molecule has 0 saturated carbocycles. The van der Waals surface area contributed by atoms with Gasteiger partial charge in [-0.1, -0.05) is 6.07 Å². The van der Waals surface area contributed by atoms with E-state index in [2.05, 4.69) is 5.32 Å². The first-order valence-electron chi connectivity index (χ1n) is 7.05. The van der Waals surface area contributed by atoms with Crippen LogP contribution in [0.5, 0.6) is 0 Å². The van der Waals surface area contributed by atoms with Crippen LogP contribution in [0.15, 0.2) is 57.5 Å². The van der Waals surface area contributed by atoms with E-state index in [0.29, 0.717) is 0 Å². The number of hydrogen-bond acceptors (Lipinski definition) is 7. The summed E-state index contributed by atoms with van der Waals surface area (Å²) >= 11 is 0. The first kappa shape index (κ1) is 18.9. The van der Waals surface area contributed by atoms with E-state index in [1.165, 1.54) is 36.6 Å². The van der Waals surface area contributed by atoms with Gasteiger partial charge in [-0.25, -0.2) is 18.4 Å². The number of ether oxygens (including phenoxy) is 1. The van der Waals surface area contributed by atoms with Crippen molar-refractivity contribution >= 4 is 33.7 Å². The first-order chi connectivity index (χ1) is 12.3. The largest absolute Gasteiger partial charge is 0.465 e. The van der Waals surface area contributed by atoms with Crippen molar-refractivity contribution in [3.05, 3.63) is 54.0 Å². The second-order valence-electron chi connectivity index (χ2n) is 4.88. The summed E-state index contributed by atoms with van der Waals surface area (Å²) in [5.41, 5.74) is -0.187. The maximum absolute atomic E-state index is 11.8. The van der Waals surface area contributed by atoms with Gasteiger partial charge in [-0.3, -0.25) is 4.79 Å². The van der Waals surface area contributed by atoms with Crippen LogP contribution < -0.4 is 10.5 Å². The minimum absolute atomic E-state index is 0.157. The van der Waals surface area contributed by atoms with Gasteiger partial charge in [-0.2, -0.15) is 5.26 Å². The molecule has 0 bridgehead atoms. The molecular formula is C16H13N3O6S. The highest BCUT2D eigenvalue weighted by atomic mass is 32.2. The number of benzene rings is 1. The van der Waals surface area contributed by atoms with Crippen LogP contribution in [0.3, 0.4) is 0 Å². The monoisotopic (exact) mass is 375 g/mol. The molecule has 0 fully saturated rings. The van der Waals surface area contributed by atoms with Gasteiger partial charge < -0.3 is 14.5 Å². The van der Waals surface area contributed by atoms with Gasteiger partial charge in [0.05, 0.1) is 11.2 Å². The van der Waals surface area contributed by atoms with E-state index in [-0.39, 0.29) is 21.9 Å². The Kier molecular flexibility index (Phi) is 5.90. The van der Waals surface area contributed by atoms with Crippen molar-refractivity contribution in [3.8, 4) is 6.07 Å². The molecule has 2 rings (SSSR count). The highest BCUT2D eigenvalue weighted by molar-refractivity contribution is 7.89. The quantitative estimate of drug-likeness (QED) is 0.434. The zero-order valence-corrected chi connectivity index (χ0v) is 14.0. The van der Waals surface area contributed by atoms with Crippen LogP contribution in [0.1, 0.15) is 5.76 Å². The normalized spacial score (nSPS) is 11.5. The van der Waals surface area contributed by atoms with Crippen molar-refractivity contribution in [3.63, 3.8) is 0 Å². The number of nitrogens with two attached hydrogens (primary N) is 1. The molecule has 26 heavy (non-hydrogen) atoms. The zero-order valence-electron chi connectivity index (χ0n) is 13.2. The van der Waals surface area contributed by atoms with Crippen LogP contribution in [-0.2, 0) is 24.3 Å². The molecule has 0 aliphatic heterocycles. The molecule has 0 atom stereocenters. The van der Waals surface area contributed by atoms with E-state index in [1.807, 2.05) is 0 Å². The lowest BCUT2D eigenvalue weighted by atomic mass is 10.2. The lowest BCUT2D eigenvalue weighted by Gasteiger charge is -2.07. The number of furan rings is 1. The topological polar surface area (TPSA) is 152 Å². The fraction of sp³-hybridized carbons (Fsp3) is 0.0625. The Morgan fingerprint density at radius 1 is 1.31 bits per heavy atom. The number of nitrogens with one attached hydrogen (secondary N) is 1. The fourth-order valence-corrected chi connectivity index (χ4v) is 2.37. The molecular weight excluding hydrogens is 362 g/mol. The molecule has 1 aromatic carbocycles. The second kappa shape index (κ2) is 8.11. The third kappa shape index (κ3) is 5.30. The van der Waals surface area contributed by atoms with Crippen LogP contribution in [-0.4, -0.2) is 26.9 Å². The number of carbonyl (C=O) groups is 2. The number of rotatable bonds is 6. The minimum atomic E-state index is -3.92. The molecule has 10 heteroatoms. The molecule has 3 N–H and O–H groups in total. The number of amides is 1. The average molecular weight is 375 g/mol. The SMILES string of the molecule is N#C/C(=C\c1ccco1)C(=O)OCC(=O)Nc1cccc(S(N)(=O)=O)c1. The predicted octanol–water partition coefficient (Wildman–Crippen LogP) is 1.02. The molecule has 1 heterocycles. The average Bonchev–Trinajstić information content (AvgIpc) is 3.10. The molecule has 0 unspecified atom stereocenters. The summed E-state index contributed by atoms with van der Waals surface area (Å²) in [5, 5.41) is 16.3. The lowest BCUT2D eigenvalue weighted by molar-refractivity contribution is -0.142. The number of carbonyl (C=O) groups excluding carboxylic acids is 2. The lowest BCUT2D eigenvalue weighted by Crippen LogP contribution is -2.21. The van der Waals surface area contributed by atoms with E-state index in [4.69, 9.17) is 19.6 Å². The molecule has 0 aliphatic carbocycles. The molecule has 2 aromatic rings. The van der Waals surface area contributed by atoms with Crippen LogP contribution >= 0.6 is 0 Å². The number of primary sulfonamides is 1. The number of hydrogen-bond donors (Lipinski definition) is 2. The molecule has 0 saturated heterocycles. The highest BCUT2D eigenvalue weighted by Gasteiger charge is 2.14. The third-order valence-corrected chi connectivity index (χ3v) is 3.86. The Labute approximate surface area is 148 Å². The van der Waals surface area contributed by atoms with Gasteiger partial charge in [0.2, 0.25) is 10.0 Å². The van der Waals surface area contributed by atoms with Crippen LogP contribution in [0, 0.1) is 11.3 Å². The molecule has 134 valence electrons. The van der Waals surface area contributed by atoms with Crippen LogP contribution in [0.4, 0.5) is 5.69 Å². The number of nitriles is 1. The zero-order chi connectivity index (χ0) is 19.2. The fourth-order valence-electron chi connectivity index (χ4n) is 1.81. The van der Waals surface area contributed by atoms with E-state index >= 15 is 0 Å². The Bertz CT molecular complexity index is 987. The maximum atomic E-state index is 11.8. The van der Waals surface area contributed by atoms with Gasteiger partial charge in [0, 0.05) is 11.8 Å². The van der Waals surface area contributed by atoms with E-state index in [1.54, 1.807) is 12.1 Å². The highest BCUT2D eigenvalue weighted by Crippen LogP contribution is 2.14. The smallest absolute Gasteiger partial charge is 0.349 e. The summed E-state index contributed by atoms with van der Waals surface area (Å²) in [7, 11) is -3.92. The van der Waals surface area contributed by atoms with Crippen LogP contribution in [0.2, 0.25) is 0 Å². The van der Waals surface area contributed by atoms with Crippen LogP contribution in [0.25, 0.3) is 6.08 Å². The summed E-state index contributed by atoms with van der Waals surface area (Å²) < 4.78 is 32.3.